The lowest BCUT2D eigenvalue weighted by atomic mass is 10.1. The number of phenols is 1. The molecule has 1 saturated heterocycles. The van der Waals surface area contributed by atoms with E-state index in [0.29, 0.717) is 16.6 Å². The summed E-state index contributed by atoms with van der Waals surface area (Å²) in [6.07, 6.45) is 1.55. The number of hydrogen-bond donors (Lipinski definition) is 2. The summed E-state index contributed by atoms with van der Waals surface area (Å²) >= 11 is 8.30. The molecule has 0 radical (unpaired) electrons. The first-order valence-corrected chi connectivity index (χ1v) is 8.14. The fraction of sp³-hybridized carbons (Fsp3) is 0.267. The number of carbonyl (C=O) groups is 2. The van der Waals surface area contributed by atoms with Gasteiger partial charge in [-0.25, -0.2) is 0 Å². The molecule has 0 atom stereocenters. The molecule has 1 amide bonds. The Bertz CT molecular complexity index is 735. The van der Waals surface area contributed by atoms with Gasteiger partial charge in [-0.2, -0.15) is 0 Å². The molecule has 7 nitrogen and oxygen atoms in total. The van der Waals surface area contributed by atoms with E-state index in [-0.39, 0.29) is 28.9 Å². The monoisotopic (exact) mass is 414 g/mol. The van der Waals surface area contributed by atoms with Crippen LogP contribution in [0.4, 0.5) is 0 Å². The van der Waals surface area contributed by atoms with Crippen LogP contribution in [0.25, 0.3) is 6.08 Å². The molecule has 2 N–H and O–H groups in total. The van der Waals surface area contributed by atoms with E-state index in [4.69, 9.17) is 17.0 Å². The maximum absolute atomic E-state index is 12.3. The van der Waals surface area contributed by atoms with Gasteiger partial charge in [-0.3, -0.25) is 14.5 Å². The van der Waals surface area contributed by atoms with Gasteiger partial charge in [-0.1, -0.05) is 0 Å². The highest BCUT2D eigenvalue weighted by atomic mass is 79.9. The third-order valence-electron chi connectivity index (χ3n) is 3.14. The number of benzene rings is 1. The Labute approximate surface area is 152 Å². The smallest absolute Gasteiger partial charge is 0.325 e. The average Bonchev–Trinajstić information content (AvgIpc) is 2.79. The van der Waals surface area contributed by atoms with Crippen molar-refractivity contribution in [2.45, 2.75) is 6.92 Å². The van der Waals surface area contributed by atoms with Crippen LogP contribution in [0.3, 0.4) is 0 Å². The van der Waals surface area contributed by atoms with Gasteiger partial charge in [0.05, 0.1) is 18.2 Å². The standard InChI is InChI=1S/C15H15BrN2O5S/c1-3-23-11-6-8(4-9(16)13(11)20)5-10-14(21)18(15(24)17-10)7-12(19)22-2/h4-6,20H,3,7H2,1-2H3,(H,17,24)/b10-5-. The van der Waals surface area contributed by atoms with E-state index in [1.807, 2.05) is 0 Å². The third kappa shape index (κ3) is 3.85. The second-order valence-electron chi connectivity index (χ2n) is 4.74. The molecule has 1 aliphatic rings. The molecule has 0 unspecified atom stereocenters. The van der Waals surface area contributed by atoms with Gasteiger partial charge in [0.1, 0.15) is 12.2 Å². The Balaban J connectivity index is 2.30. The second-order valence-corrected chi connectivity index (χ2v) is 5.98. The van der Waals surface area contributed by atoms with E-state index in [2.05, 4.69) is 26.0 Å². The molecule has 0 bridgehead atoms. The maximum atomic E-state index is 12.3. The maximum Gasteiger partial charge on any atom is 0.325 e. The number of aromatic hydroxyl groups is 1. The molecule has 1 aromatic rings. The molecule has 24 heavy (non-hydrogen) atoms. The summed E-state index contributed by atoms with van der Waals surface area (Å²) in [6.45, 7) is 1.92. The summed E-state index contributed by atoms with van der Waals surface area (Å²) in [4.78, 5) is 24.8. The molecule has 1 aromatic carbocycles. The van der Waals surface area contributed by atoms with Crippen molar-refractivity contribution in [2.24, 2.45) is 0 Å². The Morgan fingerprint density at radius 3 is 2.83 bits per heavy atom. The molecule has 0 saturated carbocycles. The van der Waals surface area contributed by atoms with Crippen molar-refractivity contribution >= 4 is 51.2 Å². The van der Waals surface area contributed by atoms with Crippen LogP contribution in [0, 0.1) is 0 Å². The number of methoxy groups -OCH3 is 1. The van der Waals surface area contributed by atoms with Crippen LogP contribution in [0.1, 0.15) is 12.5 Å². The predicted molar refractivity (Wildman–Crippen MR) is 94.4 cm³/mol. The summed E-state index contributed by atoms with van der Waals surface area (Å²) in [5.74, 6) is -0.738. The molecule has 0 aliphatic carbocycles. The normalized spacial score (nSPS) is 15.6. The molecule has 2 rings (SSSR count). The topological polar surface area (TPSA) is 88.1 Å². The number of phenolic OH excluding ortho intramolecular Hbond substituents is 1. The minimum Gasteiger partial charge on any atom is -0.503 e. The number of rotatable bonds is 5. The summed E-state index contributed by atoms with van der Waals surface area (Å²) in [5.41, 5.74) is 0.825. The van der Waals surface area contributed by atoms with Gasteiger partial charge in [0.2, 0.25) is 0 Å². The third-order valence-corrected chi connectivity index (χ3v) is 4.07. The molecule has 1 heterocycles. The molecule has 128 valence electrons. The highest BCUT2D eigenvalue weighted by molar-refractivity contribution is 9.10. The van der Waals surface area contributed by atoms with Crippen molar-refractivity contribution in [1.29, 1.82) is 0 Å². The quantitative estimate of drug-likeness (QED) is 0.431. The zero-order valence-corrected chi connectivity index (χ0v) is 15.4. The van der Waals surface area contributed by atoms with E-state index in [0.717, 1.165) is 4.90 Å². The first-order valence-electron chi connectivity index (χ1n) is 6.94. The lowest BCUT2D eigenvalue weighted by Crippen LogP contribution is -2.35. The number of nitrogens with zero attached hydrogens (tertiary/aromatic N) is 1. The van der Waals surface area contributed by atoms with E-state index in [1.165, 1.54) is 7.11 Å². The predicted octanol–water partition coefficient (Wildman–Crippen LogP) is 1.78. The SMILES string of the molecule is CCOc1cc(/C=C2\NC(=S)N(CC(=O)OC)C2=O)cc(Br)c1O. The Kier molecular flexibility index (Phi) is 5.79. The first kappa shape index (κ1) is 18.2. The number of halogens is 1. The lowest BCUT2D eigenvalue weighted by molar-refractivity contribution is -0.143. The van der Waals surface area contributed by atoms with Crippen molar-refractivity contribution < 1.29 is 24.2 Å². The van der Waals surface area contributed by atoms with Gasteiger partial charge in [-0.15, -0.1) is 0 Å². The van der Waals surface area contributed by atoms with Crippen molar-refractivity contribution in [3.63, 3.8) is 0 Å². The van der Waals surface area contributed by atoms with Crippen LogP contribution in [-0.2, 0) is 14.3 Å². The number of esters is 1. The van der Waals surface area contributed by atoms with E-state index >= 15 is 0 Å². The number of hydrogen-bond acceptors (Lipinski definition) is 6. The minimum atomic E-state index is -0.570. The molecule has 9 heteroatoms. The van der Waals surface area contributed by atoms with Crippen molar-refractivity contribution in [1.82, 2.24) is 10.2 Å². The van der Waals surface area contributed by atoms with Crippen LogP contribution in [0.2, 0.25) is 0 Å². The molecular formula is C15H15BrN2O5S. The molecular weight excluding hydrogens is 400 g/mol. The van der Waals surface area contributed by atoms with Crippen LogP contribution >= 0.6 is 28.1 Å². The van der Waals surface area contributed by atoms with E-state index < -0.39 is 11.9 Å². The van der Waals surface area contributed by atoms with Gasteiger partial charge in [0, 0.05) is 0 Å². The van der Waals surface area contributed by atoms with Crippen LogP contribution in [0.5, 0.6) is 11.5 Å². The highest BCUT2D eigenvalue weighted by Gasteiger charge is 2.32. The van der Waals surface area contributed by atoms with Crippen molar-refractivity contribution in [3.05, 3.63) is 27.9 Å². The number of thiocarbonyl (C=S) groups is 1. The minimum absolute atomic E-state index is 0.0208. The zero-order chi connectivity index (χ0) is 17.9. The van der Waals surface area contributed by atoms with Crippen LogP contribution in [0.15, 0.2) is 22.3 Å². The second kappa shape index (κ2) is 7.63. The number of carbonyl (C=O) groups excluding carboxylic acids is 2. The largest absolute Gasteiger partial charge is 0.503 e. The van der Waals surface area contributed by atoms with Gasteiger partial charge in [-0.05, 0) is 58.8 Å². The number of amides is 1. The summed E-state index contributed by atoms with van der Waals surface area (Å²) in [6, 6.07) is 3.23. The van der Waals surface area contributed by atoms with Gasteiger partial charge >= 0.3 is 5.97 Å². The van der Waals surface area contributed by atoms with Crippen LogP contribution in [-0.4, -0.2) is 47.3 Å². The first-order chi connectivity index (χ1) is 11.4. The van der Waals surface area contributed by atoms with Gasteiger partial charge in [0.15, 0.2) is 16.6 Å². The highest BCUT2D eigenvalue weighted by Crippen LogP contribution is 2.36. The molecule has 1 aliphatic heterocycles. The van der Waals surface area contributed by atoms with E-state index in [1.54, 1.807) is 25.1 Å². The Hall–Kier alpha value is -2.13. The van der Waals surface area contributed by atoms with Crippen molar-refractivity contribution in [2.75, 3.05) is 20.3 Å². The summed E-state index contributed by atoms with van der Waals surface area (Å²) < 4.78 is 10.3. The number of nitrogens with one attached hydrogen (secondary N) is 1. The Morgan fingerprint density at radius 2 is 2.21 bits per heavy atom. The fourth-order valence-electron chi connectivity index (χ4n) is 2.02. The van der Waals surface area contributed by atoms with Crippen LogP contribution < -0.4 is 10.1 Å². The van der Waals surface area contributed by atoms with Gasteiger partial charge < -0.3 is 19.9 Å². The number of ether oxygens (including phenoxy) is 2. The lowest BCUT2D eigenvalue weighted by Gasteiger charge is -2.11. The summed E-state index contributed by atoms with van der Waals surface area (Å²) in [5, 5.41) is 12.8. The zero-order valence-electron chi connectivity index (χ0n) is 13.0. The van der Waals surface area contributed by atoms with Crippen molar-refractivity contribution in [3.8, 4) is 11.5 Å². The summed E-state index contributed by atoms with van der Waals surface area (Å²) in [7, 11) is 1.24. The average molecular weight is 415 g/mol. The molecule has 0 aromatic heterocycles. The molecule has 1 fully saturated rings. The van der Waals surface area contributed by atoms with E-state index in [9.17, 15) is 14.7 Å². The van der Waals surface area contributed by atoms with Gasteiger partial charge in [0.25, 0.3) is 5.91 Å². The fourth-order valence-corrected chi connectivity index (χ4v) is 2.74. The Morgan fingerprint density at radius 1 is 1.50 bits per heavy atom. The molecule has 0 spiro atoms.